The van der Waals surface area contributed by atoms with E-state index < -0.39 is 0 Å². The van der Waals surface area contributed by atoms with Gasteiger partial charge in [-0.1, -0.05) is 43.5 Å². The Morgan fingerprint density at radius 1 is 1.19 bits per heavy atom. The number of aryl methyl sites for hydroxylation is 2. The van der Waals surface area contributed by atoms with E-state index in [2.05, 4.69) is 24.0 Å². The average molecular weight is 452 g/mol. The highest BCUT2D eigenvalue weighted by Crippen LogP contribution is 2.40. The molecule has 0 spiro atoms. The maximum atomic E-state index is 9.90. The number of aromatic nitrogens is 1. The zero-order chi connectivity index (χ0) is 21.8. The van der Waals surface area contributed by atoms with Crippen LogP contribution in [0.4, 0.5) is 5.82 Å². The molecule has 3 aromatic rings. The number of fused-ring (bicyclic) bond motifs is 1. The van der Waals surface area contributed by atoms with Crippen molar-refractivity contribution < 1.29 is 4.74 Å². The molecule has 0 saturated heterocycles. The van der Waals surface area contributed by atoms with E-state index in [0.29, 0.717) is 28.8 Å². The van der Waals surface area contributed by atoms with Gasteiger partial charge in [0.15, 0.2) is 0 Å². The molecule has 2 N–H and O–H groups in total. The van der Waals surface area contributed by atoms with E-state index in [1.165, 1.54) is 23.3 Å². The number of nitrogens with two attached hydrogens (primary N) is 1. The Hall–Kier alpha value is -2.55. The van der Waals surface area contributed by atoms with E-state index in [0.717, 1.165) is 53.8 Å². The molecule has 4 rings (SSSR count). The number of nitrogen functional groups attached to an aromatic ring is 1. The van der Waals surface area contributed by atoms with Crippen LogP contribution in [0.3, 0.4) is 0 Å². The lowest BCUT2D eigenvalue weighted by Crippen LogP contribution is -2.09. The second kappa shape index (κ2) is 9.72. The van der Waals surface area contributed by atoms with E-state index in [-0.39, 0.29) is 0 Å². The number of para-hydroxylation sites is 1. The van der Waals surface area contributed by atoms with Crippen molar-refractivity contribution in [3.63, 3.8) is 0 Å². The fraction of sp³-hybridized carbons (Fsp3) is 0.360. The molecule has 0 bridgehead atoms. The lowest BCUT2D eigenvalue weighted by molar-refractivity contribution is 0.306. The summed E-state index contributed by atoms with van der Waals surface area (Å²) in [6.45, 7) is 2.58. The van der Waals surface area contributed by atoms with Crippen LogP contribution in [-0.4, -0.2) is 4.98 Å². The van der Waals surface area contributed by atoms with Gasteiger partial charge in [0.2, 0.25) is 0 Å². The molecule has 0 atom stereocenters. The molecule has 1 aliphatic rings. The Morgan fingerprint density at radius 2 is 1.97 bits per heavy atom. The quantitative estimate of drug-likeness (QED) is 0.467. The van der Waals surface area contributed by atoms with Crippen LogP contribution in [0.5, 0.6) is 5.75 Å². The summed E-state index contributed by atoms with van der Waals surface area (Å²) in [7, 11) is 0. The fourth-order valence-corrected chi connectivity index (χ4v) is 5.61. The van der Waals surface area contributed by atoms with Crippen LogP contribution >= 0.6 is 22.9 Å². The number of hydrogen-bond acceptors (Lipinski definition) is 5. The molecule has 1 aliphatic carbocycles. The molecule has 0 fully saturated rings. The van der Waals surface area contributed by atoms with Crippen LogP contribution in [0.2, 0.25) is 5.02 Å². The second-order valence-electron chi connectivity index (χ2n) is 7.83. The van der Waals surface area contributed by atoms with E-state index in [1.807, 2.05) is 24.3 Å². The predicted octanol–water partition coefficient (Wildman–Crippen LogP) is 6.72. The maximum absolute atomic E-state index is 9.90. The topological polar surface area (TPSA) is 71.9 Å². The Morgan fingerprint density at radius 3 is 2.71 bits per heavy atom. The van der Waals surface area contributed by atoms with Crippen molar-refractivity contribution in [3.05, 3.63) is 62.6 Å². The highest BCUT2D eigenvalue weighted by molar-refractivity contribution is 7.15. The summed E-state index contributed by atoms with van der Waals surface area (Å²) < 4.78 is 6.02. The summed E-state index contributed by atoms with van der Waals surface area (Å²) in [4.78, 5) is 6.96. The Bertz CT molecular complexity index is 1130. The van der Waals surface area contributed by atoms with Gasteiger partial charge in [-0.3, -0.25) is 0 Å². The second-order valence-corrected chi connectivity index (χ2v) is 9.37. The highest BCUT2D eigenvalue weighted by Gasteiger charge is 2.23. The highest BCUT2D eigenvalue weighted by atomic mass is 35.5. The molecule has 160 valence electrons. The van der Waals surface area contributed by atoms with E-state index in [4.69, 9.17) is 22.1 Å². The molecular weight excluding hydrogens is 426 g/mol. The van der Waals surface area contributed by atoms with Crippen molar-refractivity contribution in [1.82, 2.24) is 4.98 Å². The zero-order valence-corrected chi connectivity index (χ0v) is 19.3. The molecular formula is C25H26ClN3OS. The number of pyridine rings is 1. The van der Waals surface area contributed by atoms with Crippen LogP contribution in [0.25, 0.3) is 10.4 Å². The predicted molar refractivity (Wildman–Crippen MR) is 128 cm³/mol. The minimum Gasteiger partial charge on any atom is -0.487 e. The van der Waals surface area contributed by atoms with E-state index >= 15 is 0 Å². The summed E-state index contributed by atoms with van der Waals surface area (Å²) in [5, 5.41) is 10.5. The normalized spacial score (nSPS) is 13.7. The first-order chi connectivity index (χ1) is 15.1. The van der Waals surface area contributed by atoms with Gasteiger partial charge in [0, 0.05) is 26.6 Å². The minimum absolute atomic E-state index is 0.345. The summed E-state index contributed by atoms with van der Waals surface area (Å²) in [5.74, 6) is 1.02. The number of rotatable bonds is 5. The lowest BCUT2D eigenvalue weighted by Gasteiger charge is -2.18. The van der Waals surface area contributed by atoms with Gasteiger partial charge in [-0.25, -0.2) is 4.98 Å². The third-order valence-electron chi connectivity index (χ3n) is 5.80. The van der Waals surface area contributed by atoms with Gasteiger partial charge in [-0.05, 0) is 55.9 Å². The van der Waals surface area contributed by atoms with Crippen molar-refractivity contribution in [3.8, 4) is 22.3 Å². The Balaban J connectivity index is 1.76. The molecule has 1 aromatic carbocycles. The summed E-state index contributed by atoms with van der Waals surface area (Å²) in [5.41, 5.74) is 11.1. The molecule has 2 heterocycles. The van der Waals surface area contributed by atoms with Crippen molar-refractivity contribution >= 4 is 28.8 Å². The Kier molecular flexibility index (Phi) is 6.80. The molecule has 0 amide bonds. The summed E-state index contributed by atoms with van der Waals surface area (Å²) >= 11 is 7.98. The van der Waals surface area contributed by atoms with E-state index in [1.54, 1.807) is 11.3 Å². The van der Waals surface area contributed by atoms with Crippen molar-refractivity contribution in [2.24, 2.45) is 0 Å². The molecule has 0 radical (unpaired) electrons. The molecule has 4 nitrogen and oxygen atoms in total. The van der Waals surface area contributed by atoms with Crippen LogP contribution in [0, 0.1) is 11.3 Å². The first-order valence-electron chi connectivity index (χ1n) is 10.8. The summed E-state index contributed by atoms with van der Waals surface area (Å²) in [6, 6.07) is 12.0. The van der Waals surface area contributed by atoms with Crippen LogP contribution in [0.15, 0.2) is 30.3 Å². The first-order valence-corrected chi connectivity index (χ1v) is 12.0. The van der Waals surface area contributed by atoms with Crippen molar-refractivity contribution in [1.29, 1.82) is 5.26 Å². The standard InChI is InChI=1S/C25H26ClN3OS/c1-2-22-16(15-30-21-12-8-7-10-19(21)26)13-23(31-22)24-17-9-5-3-4-6-11-20(17)29-25(28)18(24)14-27/h7-8,10,12-13H,2-6,9,11,15H2,1H3,(H2,28,29). The largest absolute Gasteiger partial charge is 0.487 e. The summed E-state index contributed by atoms with van der Waals surface area (Å²) in [6.07, 6.45) is 7.43. The van der Waals surface area contributed by atoms with Gasteiger partial charge in [0.25, 0.3) is 0 Å². The van der Waals surface area contributed by atoms with Crippen LogP contribution in [-0.2, 0) is 25.9 Å². The number of halogens is 1. The maximum Gasteiger partial charge on any atom is 0.142 e. The SMILES string of the molecule is CCc1sc(-c2c(C#N)c(N)nc3c2CCCCCC3)cc1COc1ccccc1Cl. The third-order valence-corrected chi connectivity index (χ3v) is 7.45. The monoisotopic (exact) mass is 451 g/mol. The molecule has 0 unspecified atom stereocenters. The van der Waals surface area contributed by atoms with Gasteiger partial charge < -0.3 is 10.5 Å². The first kappa shape index (κ1) is 21.7. The molecule has 6 heteroatoms. The van der Waals surface area contributed by atoms with Gasteiger partial charge in [-0.2, -0.15) is 5.26 Å². The third kappa shape index (κ3) is 4.56. The number of nitriles is 1. The number of nitrogens with zero attached hydrogens (tertiary/aromatic N) is 2. The smallest absolute Gasteiger partial charge is 0.142 e. The van der Waals surface area contributed by atoms with Gasteiger partial charge >= 0.3 is 0 Å². The van der Waals surface area contributed by atoms with Crippen LogP contribution in [0.1, 0.15) is 59.9 Å². The van der Waals surface area contributed by atoms with Gasteiger partial charge in [0.1, 0.15) is 29.8 Å². The lowest BCUT2D eigenvalue weighted by atomic mass is 9.90. The fourth-order valence-electron chi connectivity index (χ4n) is 4.23. The number of benzene rings is 1. The minimum atomic E-state index is 0.345. The zero-order valence-electron chi connectivity index (χ0n) is 17.7. The van der Waals surface area contributed by atoms with E-state index in [9.17, 15) is 5.26 Å². The molecule has 0 saturated carbocycles. The van der Waals surface area contributed by atoms with Crippen molar-refractivity contribution in [2.75, 3.05) is 5.73 Å². The Labute approximate surface area is 192 Å². The molecule has 0 aliphatic heterocycles. The molecule has 2 aromatic heterocycles. The average Bonchev–Trinajstić information content (AvgIpc) is 3.16. The van der Waals surface area contributed by atoms with Crippen LogP contribution < -0.4 is 10.5 Å². The number of anilines is 1. The number of hydrogen-bond donors (Lipinski definition) is 1. The number of ether oxygens (including phenoxy) is 1. The molecule has 31 heavy (non-hydrogen) atoms. The number of thiophene rings is 1. The van der Waals surface area contributed by atoms with Gasteiger partial charge in [0.05, 0.1) is 5.02 Å². The van der Waals surface area contributed by atoms with Crippen molar-refractivity contribution in [2.45, 2.75) is 58.5 Å². The van der Waals surface area contributed by atoms with Gasteiger partial charge in [-0.15, -0.1) is 11.3 Å².